The molecule has 3 rings (SSSR count). The molecule has 1 fully saturated rings. The van der Waals surface area contributed by atoms with E-state index in [0.29, 0.717) is 17.6 Å². The molecule has 0 N–H and O–H groups in total. The van der Waals surface area contributed by atoms with Crippen molar-refractivity contribution in [2.24, 2.45) is 0 Å². The molecule has 0 amide bonds. The van der Waals surface area contributed by atoms with E-state index in [9.17, 15) is 13.2 Å². The molecule has 1 aromatic rings. The molecular formula is C17H20F3N. The Morgan fingerprint density at radius 1 is 1.19 bits per heavy atom. The van der Waals surface area contributed by atoms with Crippen molar-refractivity contribution in [2.45, 2.75) is 50.9 Å². The van der Waals surface area contributed by atoms with Crippen LogP contribution in [0.15, 0.2) is 24.3 Å². The zero-order chi connectivity index (χ0) is 15.2. The standard InChI is InChI=1S/C17H20F3N/c1-11-8-12(6-7-16(11)17(18,19)20)13-9-14-4-3-5-15(10-13)21(14)2/h6-9,14-15H,3-5,10H2,1-2H3. The van der Waals surface area contributed by atoms with Crippen LogP contribution < -0.4 is 0 Å². The third kappa shape index (κ3) is 2.73. The zero-order valence-corrected chi connectivity index (χ0v) is 12.4. The van der Waals surface area contributed by atoms with E-state index >= 15 is 0 Å². The lowest BCUT2D eigenvalue weighted by atomic mass is 9.83. The summed E-state index contributed by atoms with van der Waals surface area (Å²) in [5, 5.41) is 0. The number of hydrogen-bond acceptors (Lipinski definition) is 1. The smallest absolute Gasteiger partial charge is 0.297 e. The fraction of sp³-hybridized carbons (Fsp3) is 0.529. The molecule has 114 valence electrons. The van der Waals surface area contributed by atoms with Gasteiger partial charge in [-0.2, -0.15) is 13.2 Å². The maximum atomic E-state index is 12.8. The van der Waals surface area contributed by atoms with Gasteiger partial charge in [-0.3, -0.25) is 4.90 Å². The van der Waals surface area contributed by atoms with Crippen LogP contribution in [0.3, 0.4) is 0 Å². The predicted molar refractivity (Wildman–Crippen MR) is 78.0 cm³/mol. The van der Waals surface area contributed by atoms with Gasteiger partial charge in [-0.15, -0.1) is 0 Å². The number of halogens is 3. The number of aryl methyl sites for hydroxylation is 1. The van der Waals surface area contributed by atoms with Crippen molar-refractivity contribution >= 4 is 5.57 Å². The Morgan fingerprint density at radius 2 is 1.95 bits per heavy atom. The van der Waals surface area contributed by atoms with Crippen molar-refractivity contribution < 1.29 is 13.2 Å². The third-order valence-corrected chi connectivity index (χ3v) is 4.89. The molecule has 1 nitrogen and oxygen atoms in total. The summed E-state index contributed by atoms with van der Waals surface area (Å²) in [5.74, 6) is 0. The van der Waals surface area contributed by atoms with Gasteiger partial charge in [0.05, 0.1) is 5.56 Å². The van der Waals surface area contributed by atoms with Crippen LogP contribution in [0.1, 0.15) is 42.4 Å². The van der Waals surface area contributed by atoms with Crippen LogP contribution in [-0.2, 0) is 6.18 Å². The molecule has 2 aliphatic rings. The van der Waals surface area contributed by atoms with Crippen LogP contribution in [0.25, 0.3) is 5.57 Å². The summed E-state index contributed by atoms with van der Waals surface area (Å²) in [6, 6.07) is 5.51. The zero-order valence-electron chi connectivity index (χ0n) is 12.4. The van der Waals surface area contributed by atoms with Crippen molar-refractivity contribution in [3.63, 3.8) is 0 Å². The Hall–Kier alpha value is -1.29. The summed E-state index contributed by atoms with van der Waals surface area (Å²) in [6.07, 6.45) is 2.51. The Morgan fingerprint density at radius 3 is 2.57 bits per heavy atom. The van der Waals surface area contributed by atoms with Crippen molar-refractivity contribution in [2.75, 3.05) is 7.05 Å². The van der Waals surface area contributed by atoms with E-state index in [4.69, 9.17) is 0 Å². The van der Waals surface area contributed by atoms with Gasteiger partial charge in [-0.05, 0) is 56.0 Å². The highest BCUT2D eigenvalue weighted by Gasteiger charge is 2.34. The van der Waals surface area contributed by atoms with Gasteiger partial charge in [-0.1, -0.05) is 24.6 Å². The minimum Gasteiger partial charge on any atom is -0.297 e. The number of alkyl halides is 3. The van der Waals surface area contributed by atoms with Gasteiger partial charge in [0.25, 0.3) is 0 Å². The normalized spacial score (nSPS) is 26.6. The van der Waals surface area contributed by atoms with Crippen molar-refractivity contribution in [1.29, 1.82) is 0 Å². The van der Waals surface area contributed by atoms with Gasteiger partial charge in [-0.25, -0.2) is 0 Å². The lowest BCUT2D eigenvalue weighted by molar-refractivity contribution is -0.138. The van der Waals surface area contributed by atoms with Gasteiger partial charge < -0.3 is 0 Å². The quantitative estimate of drug-likeness (QED) is 0.728. The summed E-state index contributed by atoms with van der Waals surface area (Å²) >= 11 is 0. The second kappa shape index (κ2) is 5.16. The van der Waals surface area contributed by atoms with Crippen molar-refractivity contribution in [3.05, 3.63) is 41.0 Å². The van der Waals surface area contributed by atoms with Gasteiger partial charge in [0.1, 0.15) is 0 Å². The molecule has 1 saturated heterocycles. The third-order valence-electron chi connectivity index (χ3n) is 4.89. The minimum absolute atomic E-state index is 0.310. The maximum Gasteiger partial charge on any atom is 0.416 e. The molecule has 0 spiro atoms. The molecule has 21 heavy (non-hydrogen) atoms. The Balaban J connectivity index is 1.93. The summed E-state index contributed by atoms with van der Waals surface area (Å²) in [4.78, 5) is 2.41. The van der Waals surface area contributed by atoms with Crippen LogP contribution in [0.2, 0.25) is 0 Å². The highest BCUT2D eigenvalue weighted by atomic mass is 19.4. The fourth-order valence-corrected chi connectivity index (χ4v) is 3.64. The van der Waals surface area contributed by atoms with Crippen LogP contribution in [0.4, 0.5) is 13.2 Å². The van der Waals surface area contributed by atoms with E-state index in [1.807, 2.05) is 0 Å². The number of nitrogens with zero attached hydrogens (tertiary/aromatic N) is 1. The van der Waals surface area contributed by atoms with E-state index in [2.05, 4.69) is 18.0 Å². The number of benzene rings is 1. The van der Waals surface area contributed by atoms with Crippen LogP contribution >= 0.6 is 0 Å². The van der Waals surface area contributed by atoms with Crippen LogP contribution in [0, 0.1) is 6.92 Å². The van der Waals surface area contributed by atoms with Gasteiger partial charge in [0.15, 0.2) is 0 Å². The topological polar surface area (TPSA) is 3.24 Å². The molecule has 0 aromatic heterocycles. The predicted octanol–water partition coefficient (Wildman–Crippen LogP) is 4.65. The molecule has 0 aliphatic carbocycles. The second-order valence-corrected chi connectivity index (χ2v) is 6.24. The lowest BCUT2D eigenvalue weighted by Gasteiger charge is -2.43. The first kappa shape index (κ1) is 14.6. The summed E-state index contributed by atoms with van der Waals surface area (Å²) in [5.41, 5.74) is 1.94. The molecule has 0 radical (unpaired) electrons. The number of hydrogen-bond donors (Lipinski definition) is 0. The molecule has 2 unspecified atom stereocenters. The molecule has 0 saturated carbocycles. The SMILES string of the molecule is Cc1cc(C2=CC3CCCC(C2)N3C)ccc1C(F)(F)F. The molecule has 1 aromatic carbocycles. The highest BCUT2D eigenvalue weighted by Crippen LogP contribution is 2.38. The largest absolute Gasteiger partial charge is 0.416 e. The Kier molecular flexibility index (Phi) is 3.60. The number of fused-ring (bicyclic) bond motifs is 2. The lowest BCUT2D eigenvalue weighted by Crippen LogP contribution is -2.45. The van der Waals surface area contributed by atoms with E-state index in [1.54, 1.807) is 19.1 Å². The summed E-state index contributed by atoms with van der Waals surface area (Å²) in [6.45, 7) is 1.54. The number of piperidine rings is 1. The first-order valence-electron chi connectivity index (χ1n) is 7.47. The number of rotatable bonds is 1. The van der Waals surface area contributed by atoms with E-state index < -0.39 is 11.7 Å². The van der Waals surface area contributed by atoms with Crippen LogP contribution in [-0.4, -0.2) is 24.0 Å². The molecule has 2 bridgehead atoms. The first-order valence-corrected chi connectivity index (χ1v) is 7.47. The average molecular weight is 295 g/mol. The molecule has 2 atom stereocenters. The molecule has 2 heterocycles. The fourth-order valence-electron chi connectivity index (χ4n) is 3.64. The first-order chi connectivity index (χ1) is 9.86. The van der Waals surface area contributed by atoms with Crippen molar-refractivity contribution in [3.8, 4) is 0 Å². The second-order valence-electron chi connectivity index (χ2n) is 6.24. The minimum atomic E-state index is -4.26. The molecule has 4 heteroatoms. The van der Waals surface area contributed by atoms with Gasteiger partial charge in [0, 0.05) is 12.1 Å². The molecular weight excluding hydrogens is 275 g/mol. The maximum absolute atomic E-state index is 12.8. The van der Waals surface area contributed by atoms with E-state index in [0.717, 1.165) is 18.4 Å². The Labute approximate surface area is 123 Å². The summed E-state index contributed by atoms with van der Waals surface area (Å²) < 4.78 is 38.5. The Bertz CT molecular complexity index is 574. The highest BCUT2D eigenvalue weighted by molar-refractivity contribution is 5.68. The average Bonchev–Trinajstić information content (AvgIpc) is 2.36. The number of likely N-dealkylation sites (N-methyl/N-ethyl adjacent to an activating group) is 1. The van der Waals surface area contributed by atoms with Crippen LogP contribution in [0.5, 0.6) is 0 Å². The molecule has 2 aliphatic heterocycles. The monoisotopic (exact) mass is 295 g/mol. The van der Waals surface area contributed by atoms with Gasteiger partial charge in [0.2, 0.25) is 0 Å². The van der Waals surface area contributed by atoms with Crippen molar-refractivity contribution in [1.82, 2.24) is 4.90 Å². The van der Waals surface area contributed by atoms with E-state index in [-0.39, 0.29) is 0 Å². The van der Waals surface area contributed by atoms with Gasteiger partial charge >= 0.3 is 6.18 Å². The summed E-state index contributed by atoms with van der Waals surface area (Å²) in [7, 11) is 2.15. The van der Waals surface area contributed by atoms with E-state index in [1.165, 1.54) is 24.5 Å².